The summed E-state index contributed by atoms with van der Waals surface area (Å²) in [5.41, 5.74) is 3.95. The molecule has 7 nitrogen and oxygen atoms in total. The SMILES string of the molecule is Cc1ccc(-n2ccc(C)n2)c(C(=O)N2CCCC(C)C2CNc2ccc(C#N)cn2)c1. The first-order valence-corrected chi connectivity index (χ1v) is 11.0. The predicted molar refractivity (Wildman–Crippen MR) is 124 cm³/mol. The summed E-state index contributed by atoms with van der Waals surface area (Å²) in [6, 6.07) is 13.5. The maximum absolute atomic E-state index is 13.8. The van der Waals surface area contributed by atoms with Crippen molar-refractivity contribution in [3.63, 3.8) is 0 Å². The second-order valence-corrected chi connectivity index (χ2v) is 8.53. The van der Waals surface area contributed by atoms with Crippen LogP contribution in [-0.4, -0.2) is 44.7 Å². The van der Waals surface area contributed by atoms with Gasteiger partial charge in [0.05, 0.1) is 28.6 Å². The number of hydrogen-bond acceptors (Lipinski definition) is 5. The van der Waals surface area contributed by atoms with Gasteiger partial charge in [0.15, 0.2) is 0 Å². The highest BCUT2D eigenvalue weighted by Gasteiger charge is 2.33. The number of hydrogen-bond donors (Lipinski definition) is 1. The summed E-state index contributed by atoms with van der Waals surface area (Å²) in [6.07, 6.45) is 5.52. The number of likely N-dealkylation sites (tertiary alicyclic amines) is 1. The van der Waals surface area contributed by atoms with Crippen molar-refractivity contribution in [1.29, 1.82) is 5.26 Å². The van der Waals surface area contributed by atoms with Gasteiger partial charge in [-0.1, -0.05) is 18.6 Å². The smallest absolute Gasteiger partial charge is 0.256 e. The van der Waals surface area contributed by atoms with Crippen molar-refractivity contribution in [3.8, 4) is 11.8 Å². The van der Waals surface area contributed by atoms with E-state index >= 15 is 0 Å². The molecule has 0 spiro atoms. The number of piperidine rings is 1. The Bertz CT molecular complexity index is 1140. The first-order chi connectivity index (χ1) is 15.5. The Morgan fingerprint density at radius 2 is 2.09 bits per heavy atom. The monoisotopic (exact) mass is 428 g/mol. The van der Waals surface area contributed by atoms with Gasteiger partial charge in [0, 0.05) is 25.5 Å². The van der Waals surface area contributed by atoms with E-state index in [0.29, 0.717) is 29.4 Å². The van der Waals surface area contributed by atoms with Crippen molar-refractivity contribution in [3.05, 3.63) is 71.2 Å². The number of aromatic nitrogens is 3. The molecule has 2 aromatic heterocycles. The molecule has 1 aliphatic heterocycles. The van der Waals surface area contributed by atoms with E-state index in [2.05, 4.69) is 28.4 Å². The second-order valence-electron chi connectivity index (χ2n) is 8.53. The fraction of sp³-hybridized carbons (Fsp3) is 0.360. The quantitative estimate of drug-likeness (QED) is 0.661. The number of nitrogens with one attached hydrogen (secondary N) is 1. The molecule has 32 heavy (non-hydrogen) atoms. The van der Waals surface area contributed by atoms with Gasteiger partial charge in [-0.25, -0.2) is 9.67 Å². The van der Waals surface area contributed by atoms with E-state index in [4.69, 9.17) is 5.26 Å². The summed E-state index contributed by atoms with van der Waals surface area (Å²) in [5.74, 6) is 1.10. The van der Waals surface area contributed by atoms with E-state index in [0.717, 1.165) is 36.3 Å². The highest BCUT2D eigenvalue weighted by Crippen LogP contribution is 2.27. The number of pyridine rings is 1. The average Bonchev–Trinajstić information content (AvgIpc) is 3.24. The van der Waals surface area contributed by atoms with Gasteiger partial charge in [-0.15, -0.1) is 0 Å². The molecular weight excluding hydrogens is 400 g/mol. The zero-order chi connectivity index (χ0) is 22.7. The molecule has 3 heterocycles. The Morgan fingerprint density at radius 1 is 1.25 bits per heavy atom. The van der Waals surface area contributed by atoms with Crippen LogP contribution in [0.3, 0.4) is 0 Å². The average molecular weight is 429 g/mol. The van der Waals surface area contributed by atoms with Crippen LogP contribution in [0, 0.1) is 31.1 Å². The summed E-state index contributed by atoms with van der Waals surface area (Å²) in [6.45, 7) is 7.47. The van der Waals surface area contributed by atoms with E-state index < -0.39 is 0 Å². The number of carbonyl (C=O) groups excluding carboxylic acids is 1. The van der Waals surface area contributed by atoms with Crippen LogP contribution in [-0.2, 0) is 0 Å². The minimum Gasteiger partial charge on any atom is -0.368 e. The molecule has 1 fully saturated rings. The van der Waals surface area contributed by atoms with Crippen molar-refractivity contribution in [2.75, 3.05) is 18.4 Å². The number of carbonyl (C=O) groups is 1. The molecule has 3 aromatic rings. The number of benzene rings is 1. The standard InChI is InChI=1S/C25H28N6O/c1-17-6-8-22(31-12-10-19(3)29-31)21(13-17)25(32)30-11-4-5-18(2)23(30)16-28-24-9-7-20(14-26)15-27-24/h6-10,12-13,15,18,23H,4-5,11,16H2,1-3H3,(H,27,28). The maximum atomic E-state index is 13.8. The van der Waals surface area contributed by atoms with Gasteiger partial charge >= 0.3 is 0 Å². The third-order valence-corrected chi connectivity index (χ3v) is 6.11. The van der Waals surface area contributed by atoms with Crippen LogP contribution < -0.4 is 5.32 Å². The zero-order valence-corrected chi connectivity index (χ0v) is 18.7. The Kier molecular flexibility index (Phi) is 6.22. The van der Waals surface area contributed by atoms with Crippen LogP contribution in [0.2, 0.25) is 0 Å². The number of amides is 1. The van der Waals surface area contributed by atoms with Crippen LogP contribution in [0.1, 0.15) is 46.9 Å². The fourth-order valence-corrected chi connectivity index (χ4v) is 4.31. The summed E-state index contributed by atoms with van der Waals surface area (Å²) in [4.78, 5) is 20.1. The molecule has 0 aliphatic carbocycles. The summed E-state index contributed by atoms with van der Waals surface area (Å²) in [5, 5.41) is 16.9. The topological polar surface area (TPSA) is 86.8 Å². The number of nitriles is 1. The van der Waals surface area contributed by atoms with Crippen molar-refractivity contribution >= 4 is 11.7 Å². The molecule has 1 N–H and O–H groups in total. The van der Waals surface area contributed by atoms with E-state index in [1.165, 1.54) is 0 Å². The maximum Gasteiger partial charge on any atom is 0.256 e. The molecule has 0 saturated carbocycles. The Hall–Kier alpha value is -3.66. The molecule has 1 amide bonds. The van der Waals surface area contributed by atoms with Crippen molar-refractivity contribution in [1.82, 2.24) is 19.7 Å². The molecule has 2 atom stereocenters. The van der Waals surface area contributed by atoms with Gasteiger partial charge in [0.2, 0.25) is 0 Å². The lowest BCUT2D eigenvalue weighted by atomic mass is 9.89. The minimum atomic E-state index is 0.0305. The lowest BCUT2D eigenvalue weighted by Gasteiger charge is -2.40. The van der Waals surface area contributed by atoms with Crippen LogP contribution in [0.15, 0.2) is 48.8 Å². The number of nitrogens with zero attached hydrogens (tertiary/aromatic N) is 5. The summed E-state index contributed by atoms with van der Waals surface area (Å²) in [7, 11) is 0. The number of rotatable bonds is 5. The number of aryl methyl sites for hydroxylation is 2. The summed E-state index contributed by atoms with van der Waals surface area (Å²) < 4.78 is 1.78. The minimum absolute atomic E-state index is 0.0305. The molecule has 7 heteroatoms. The van der Waals surface area contributed by atoms with Gasteiger partial charge in [-0.05, 0) is 62.9 Å². The first-order valence-electron chi connectivity index (χ1n) is 11.0. The van der Waals surface area contributed by atoms with E-state index in [1.54, 1.807) is 23.0 Å². The third kappa shape index (κ3) is 4.50. The molecule has 1 aliphatic rings. The van der Waals surface area contributed by atoms with Gasteiger partial charge in [0.25, 0.3) is 5.91 Å². The first kappa shape index (κ1) is 21.6. The van der Waals surface area contributed by atoms with Gasteiger partial charge in [0.1, 0.15) is 11.9 Å². The third-order valence-electron chi connectivity index (χ3n) is 6.11. The van der Waals surface area contributed by atoms with Crippen LogP contribution in [0.25, 0.3) is 5.69 Å². The molecule has 0 radical (unpaired) electrons. The van der Waals surface area contributed by atoms with Gasteiger partial charge < -0.3 is 10.2 Å². The lowest BCUT2D eigenvalue weighted by Crippen LogP contribution is -2.51. The van der Waals surface area contributed by atoms with Gasteiger partial charge in [-0.2, -0.15) is 10.4 Å². The Morgan fingerprint density at radius 3 is 2.78 bits per heavy atom. The molecular formula is C25H28N6O. The van der Waals surface area contributed by atoms with Crippen molar-refractivity contribution in [2.24, 2.45) is 5.92 Å². The highest BCUT2D eigenvalue weighted by molar-refractivity contribution is 5.98. The Labute approximate surface area is 188 Å². The van der Waals surface area contributed by atoms with Crippen LogP contribution >= 0.6 is 0 Å². The highest BCUT2D eigenvalue weighted by atomic mass is 16.2. The molecule has 2 unspecified atom stereocenters. The zero-order valence-electron chi connectivity index (χ0n) is 18.7. The number of anilines is 1. The van der Waals surface area contributed by atoms with E-state index in [-0.39, 0.29) is 11.9 Å². The van der Waals surface area contributed by atoms with E-state index in [9.17, 15) is 4.79 Å². The summed E-state index contributed by atoms with van der Waals surface area (Å²) >= 11 is 0. The predicted octanol–water partition coefficient (Wildman–Crippen LogP) is 4.11. The fourth-order valence-electron chi connectivity index (χ4n) is 4.31. The second kappa shape index (κ2) is 9.23. The van der Waals surface area contributed by atoms with Crippen molar-refractivity contribution < 1.29 is 4.79 Å². The van der Waals surface area contributed by atoms with Crippen LogP contribution in [0.5, 0.6) is 0 Å². The lowest BCUT2D eigenvalue weighted by molar-refractivity contribution is 0.0540. The van der Waals surface area contributed by atoms with E-state index in [1.807, 2.05) is 49.2 Å². The Balaban J connectivity index is 1.60. The molecule has 1 aromatic carbocycles. The molecule has 0 bridgehead atoms. The molecule has 164 valence electrons. The normalized spacial score (nSPS) is 18.2. The van der Waals surface area contributed by atoms with Crippen LogP contribution in [0.4, 0.5) is 5.82 Å². The molecule has 4 rings (SSSR count). The van der Waals surface area contributed by atoms with Crippen molar-refractivity contribution in [2.45, 2.75) is 39.7 Å². The molecule has 1 saturated heterocycles. The largest absolute Gasteiger partial charge is 0.368 e. The van der Waals surface area contributed by atoms with Gasteiger partial charge in [-0.3, -0.25) is 4.79 Å².